The molecule has 136 valence electrons. The second-order valence-electron chi connectivity index (χ2n) is 6.18. The van der Waals surface area contributed by atoms with Gasteiger partial charge in [0.1, 0.15) is 24.5 Å². The van der Waals surface area contributed by atoms with Gasteiger partial charge in [-0.1, -0.05) is 0 Å². The molecule has 3 rings (SSSR count). The monoisotopic (exact) mass is 364 g/mol. The summed E-state index contributed by atoms with van der Waals surface area (Å²) in [6.45, 7) is 4.03. The van der Waals surface area contributed by atoms with Gasteiger partial charge in [0.15, 0.2) is 0 Å². The van der Waals surface area contributed by atoms with Crippen molar-refractivity contribution in [1.29, 1.82) is 5.26 Å². The fourth-order valence-electron chi connectivity index (χ4n) is 2.68. The maximum Gasteiger partial charge on any atom is 0.251 e. The predicted octanol–water partition coefficient (Wildman–Crippen LogP) is 2.48. The summed E-state index contributed by atoms with van der Waals surface area (Å²) in [6, 6.07) is 9.09. The second-order valence-corrected chi connectivity index (χ2v) is 6.18. The second kappa shape index (κ2) is 7.74. The molecule has 0 bridgehead atoms. The number of halogens is 1. The van der Waals surface area contributed by atoms with Crippen LogP contribution in [0.15, 0.2) is 43.0 Å². The molecule has 1 atom stereocenters. The molecular formula is C19H17FN6O. The first kappa shape index (κ1) is 18.2. The third-order valence-corrected chi connectivity index (χ3v) is 3.89. The van der Waals surface area contributed by atoms with E-state index in [1.54, 1.807) is 30.1 Å². The molecule has 27 heavy (non-hydrogen) atoms. The number of nitriles is 1. The van der Waals surface area contributed by atoms with Crippen molar-refractivity contribution in [2.24, 2.45) is 0 Å². The minimum Gasteiger partial charge on any atom is -0.348 e. The summed E-state index contributed by atoms with van der Waals surface area (Å²) < 4.78 is 15.7. The van der Waals surface area contributed by atoms with Crippen LogP contribution in [-0.2, 0) is 6.54 Å². The van der Waals surface area contributed by atoms with Crippen LogP contribution in [0.4, 0.5) is 4.39 Å². The lowest BCUT2D eigenvalue weighted by Crippen LogP contribution is -2.35. The van der Waals surface area contributed by atoms with Crippen molar-refractivity contribution >= 4 is 5.91 Å². The average molecular weight is 364 g/mol. The molecule has 3 aromatic rings. The van der Waals surface area contributed by atoms with Gasteiger partial charge in [0.25, 0.3) is 5.91 Å². The molecule has 0 aliphatic heterocycles. The van der Waals surface area contributed by atoms with Gasteiger partial charge in [-0.15, -0.1) is 0 Å². The smallest absolute Gasteiger partial charge is 0.251 e. The van der Waals surface area contributed by atoms with Gasteiger partial charge in [-0.2, -0.15) is 10.4 Å². The van der Waals surface area contributed by atoms with Gasteiger partial charge in [0.05, 0.1) is 17.8 Å². The number of nitrogens with one attached hydrogen (secondary N) is 1. The van der Waals surface area contributed by atoms with Gasteiger partial charge >= 0.3 is 0 Å². The Kier molecular flexibility index (Phi) is 5.22. The van der Waals surface area contributed by atoms with E-state index in [4.69, 9.17) is 0 Å². The summed E-state index contributed by atoms with van der Waals surface area (Å²) in [5, 5.41) is 16.1. The third kappa shape index (κ3) is 4.33. The molecule has 0 fully saturated rings. The van der Waals surface area contributed by atoms with E-state index in [9.17, 15) is 14.4 Å². The Morgan fingerprint density at radius 2 is 2.19 bits per heavy atom. The molecule has 0 spiro atoms. The van der Waals surface area contributed by atoms with Crippen LogP contribution in [0.2, 0.25) is 0 Å². The van der Waals surface area contributed by atoms with Gasteiger partial charge in [-0.05, 0) is 44.2 Å². The van der Waals surface area contributed by atoms with E-state index in [0.717, 1.165) is 6.07 Å². The van der Waals surface area contributed by atoms with Crippen molar-refractivity contribution in [2.75, 3.05) is 0 Å². The maximum atomic E-state index is 14.1. The molecule has 0 radical (unpaired) electrons. The third-order valence-electron chi connectivity index (χ3n) is 3.89. The summed E-state index contributed by atoms with van der Waals surface area (Å²) in [7, 11) is 0. The highest BCUT2D eigenvalue weighted by atomic mass is 19.1. The molecule has 1 aromatic carbocycles. The van der Waals surface area contributed by atoms with Crippen molar-refractivity contribution < 1.29 is 9.18 Å². The summed E-state index contributed by atoms with van der Waals surface area (Å²) in [5.41, 5.74) is 1.89. The Bertz CT molecular complexity index is 1010. The number of rotatable bonds is 5. The van der Waals surface area contributed by atoms with E-state index in [-0.39, 0.29) is 11.6 Å². The molecule has 8 heteroatoms. The lowest BCUT2D eigenvalue weighted by Gasteiger charge is -2.14. The Balaban J connectivity index is 1.86. The quantitative estimate of drug-likeness (QED) is 0.750. The van der Waals surface area contributed by atoms with Crippen LogP contribution >= 0.6 is 0 Å². The largest absolute Gasteiger partial charge is 0.348 e. The van der Waals surface area contributed by atoms with Gasteiger partial charge in [-0.3, -0.25) is 14.5 Å². The predicted molar refractivity (Wildman–Crippen MR) is 96.0 cm³/mol. The SMILES string of the molecule is Cc1ccc(C#N)c(-c2cc(F)cc(C(=O)NC(C)Cn3cncn3)c2)n1. The number of hydrogen-bond donors (Lipinski definition) is 1. The average Bonchev–Trinajstić information content (AvgIpc) is 3.13. The number of carbonyl (C=O) groups is 1. The minimum absolute atomic E-state index is 0.155. The summed E-state index contributed by atoms with van der Waals surface area (Å²) in [6.07, 6.45) is 2.96. The number of hydrogen-bond acceptors (Lipinski definition) is 5. The van der Waals surface area contributed by atoms with Crippen LogP contribution in [0.5, 0.6) is 0 Å². The number of benzene rings is 1. The molecule has 1 unspecified atom stereocenters. The molecule has 0 saturated heterocycles. The standard InChI is InChI=1S/C19H17FN6O/c1-12-3-4-14(8-21)18(24-12)15-5-16(7-17(20)6-15)19(27)25-13(2)9-26-11-22-10-23-26/h3-7,10-11,13H,9H2,1-2H3,(H,25,27). The molecule has 0 aliphatic rings. The summed E-state index contributed by atoms with van der Waals surface area (Å²) in [5.74, 6) is -0.997. The molecule has 7 nitrogen and oxygen atoms in total. The van der Waals surface area contributed by atoms with Crippen molar-refractivity contribution in [1.82, 2.24) is 25.1 Å². The van der Waals surface area contributed by atoms with Gasteiger partial charge < -0.3 is 5.32 Å². The fraction of sp³-hybridized carbons (Fsp3) is 0.211. The topological polar surface area (TPSA) is 96.5 Å². The van der Waals surface area contributed by atoms with Crippen molar-refractivity contribution in [3.8, 4) is 17.3 Å². The Morgan fingerprint density at radius 3 is 2.89 bits per heavy atom. The fourth-order valence-corrected chi connectivity index (χ4v) is 2.68. The van der Waals surface area contributed by atoms with E-state index in [1.807, 2.05) is 13.0 Å². The van der Waals surface area contributed by atoms with Crippen molar-refractivity contribution in [3.05, 3.63) is 65.6 Å². The van der Waals surface area contributed by atoms with Crippen LogP contribution in [0.3, 0.4) is 0 Å². The molecule has 2 heterocycles. The normalized spacial score (nSPS) is 11.6. The number of aromatic nitrogens is 4. The number of nitrogens with zero attached hydrogens (tertiary/aromatic N) is 5. The lowest BCUT2D eigenvalue weighted by atomic mass is 10.0. The molecule has 2 aromatic heterocycles. The molecule has 0 aliphatic carbocycles. The van der Waals surface area contributed by atoms with Crippen LogP contribution < -0.4 is 5.32 Å². The first-order valence-electron chi connectivity index (χ1n) is 8.28. The van der Waals surface area contributed by atoms with Crippen LogP contribution in [0, 0.1) is 24.1 Å². The zero-order valence-electron chi connectivity index (χ0n) is 14.8. The van der Waals surface area contributed by atoms with E-state index >= 15 is 0 Å². The molecule has 1 N–H and O–H groups in total. The van der Waals surface area contributed by atoms with Gasteiger partial charge in [-0.25, -0.2) is 9.37 Å². The van der Waals surface area contributed by atoms with Gasteiger partial charge in [0.2, 0.25) is 0 Å². The van der Waals surface area contributed by atoms with E-state index < -0.39 is 11.7 Å². The highest BCUT2D eigenvalue weighted by molar-refractivity contribution is 5.95. The first-order chi connectivity index (χ1) is 13.0. The number of carbonyl (C=O) groups excluding carboxylic acids is 1. The number of aryl methyl sites for hydroxylation is 1. The number of amides is 1. The van der Waals surface area contributed by atoms with E-state index in [1.165, 1.54) is 18.5 Å². The van der Waals surface area contributed by atoms with Crippen LogP contribution in [-0.4, -0.2) is 31.7 Å². The first-order valence-corrected chi connectivity index (χ1v) is 8.28. The van der Waals surface area contributed by atoms with Crippen molar-refractivity contribution in [2.45, 2.75) is 26.4 Å². The molecule has 1 amide bonds. The minimum atomic E-state index is -0.575. The molecule has 0 saturated carbocycles. The highest BCUT2D eigenvalue weighted by Gasteiger charge is 2.15. The lowest BCUT2D eigenvalue weighted by molar-refractivity contribution is 0.0935. The zero-order chi connectivity index (χ0) is 19.4. The van der Waals surface area contributed by atoms with E-state index in [2.05, 4.69) is 20.4 Å². The van der Waals surface area contributed by atoms with Crippen LogP contribution in [0.1, 0.15) is 28.5 Å². The van der Waals surface area contributed by atoms with E-state index in [0.29, 0.717) is 29.1 Å². The summed E-state index contributed by atoms with van der Waals surface area (Å²) in [4.78, 5) is 20.7. The van der Waals surface area contributed by atoms with Crippen molar-refractivity contribution in [3.63, 3.8) is 0 Å². The zero-order valence-corrected chi connectivity index (χ0v) is 14.8. The number of pyridine rings is 1. The Hall–Kier alpha value is -3.60. The Morgan fingerprint density at radius 1 is 1.37 bits per heavy atom. The van der Waals surface area contributed by atoms with Gasteiger partial charge in [0, 0.05) is 22.9 Å². The summed E-state index contributed by atoms with van der Waals surface area (Å²) >= 11 is 0. The Labute approximate surface area is 155 Å². The van der Waals surface area contributed by atoms with Crippen LogP contribution in [0.25, 0.3) is 11.3 Å². The maximum absolute atomic E-state index is 14.1. The molecular weight excluding hydrogens is 347 g/mol. The highest BCUT2D eigenvalue weighted by Crippen LogP contribution is 2.24.